The first kappa shape index (κ1) is 61.5. The lowest BCUT2D eigenvalue weighted by Crippen LogP contribution is -2.05. The average Bonchev–Trinajstić information content (AvgIpc) is 3.44. The Morgan fingerprint density at radius 1 is 0.395 bits per heavy atom. The second-order valence-electron chi connectivity index (χ2n) is 17.3. The summed E-state index contributed by atoms with van der Waals surface area (Å²) in [5.41, 5.74) is 3.91. The maximum atomic E-state index is 12.5. The van der Waals surface area contributed by atoms with Crippen molar-refractivity contribution in [3.63, 3.8) is 0 Å². The van der Waals surface area contributed by atoms with Gasteiger partial charge in [-0.15, -0.1) is 0 Å². The summed E-state index contributed by atoms with van der Waals surface area (Å²) in [6, 6.07) is 53.2. The molecule has 4 N–H and O–H groups in total. The van der Waals surface area contributed by atoms with Crippen molar-refractivity contribution in [3.8, 4) is 23.0 Å². The Morgan fingerprint density at radius 2 is 0.778 bits per heavy atom. The third-order valence-electron chi connectivity index (χ3n) is 11.3. The average molecular weight is 1180 g/mol. The first-order valence-corrected chi connectivity index (χ1v) is 25.5. The largest absolute Gasteiger partial charge is 0.489 e. The fourth-order valence-corrected chi connectivity index (χ4v) is 8.17. The maximum absolute atomic E-state index is 12.5. The Morgan fingerprint density at radius 3 is 1.19 bits per heavy atom. The summed E-state index contributed by atoms with van der Waals surface area (Å²) in [4.78, 5) is 43.5. The van der Waals surface area contributed by atoms with Gasteiger partial charge >= 0.3 is 30.1 Å². The molecule has 9 aromatic rings. The maximum Gasteiger partial charge on any atom is 0.416 e. The number of aromatic carboxylic acids is 4. The van der Waals surface area contributed by atoms with E-state index in [-0.39, 0.29) is 46.2 Å². The first-order chi connectivity index (χ1) is 38.6. The molecule has 0 bridgehead atoms. The Bertz CT molecular complexity index is 3560. The van der Waals surface area contributed by atoms with Crippen LogP contribution in [-0.4, -0.2) is 44.3 Å². The zero-order chi connectivity index (χ0) is 58.6. The van der Waals surface area contributed by atoms with Gasteiger partial charge in [0.2, 0.25) is 0 Å². The van der Waals surface area contributed by atoms with E-state index in [0.29, 0.717) is 39.6 Å². The lowest BCUT2D eigenvalue weighted by molar-refractivity contribution is -0.137. The summed E-state index contributed by atoms with van der Waals surface area (Å²) < 4.78 is 59.8. The minimum atomic E-state index is -4.47. The van der Waals surface area contributed by atoms with Crippen LogP contribution in [0.5, 0.6) is 23.0 Å². The van der Waals surface area contributed by atoms with Gasteiger partial charge in [0, 0.05) is 10.0 Å². The van der Waals surface area contributed by atoms with Crippen LogP contribution in [0.1, 0.15) is 74.8 Å². The predicted molar refractivity (Wildman–Crippen MR) is 304 cm³/mol. The summed E-state index contributed by atoms with van der Waals surface area (Å²) in [6.07, 6.45) is -4.47. The second-order valence-corrected chi connectivity index (χ2v) is 19.0. The van der Waals surface area contributed by atoms with Crippen molar-refractivity contribution in [3.05, 3.63) is 270 Å². The monoisotopic (exact) mass is 1180 g/mol. The Kier molecular flexibility index (Phi) is 22.4. The van der Waals surface area contributed by atoms with Crippen molar-refractivity contribution in [2.45, 2.75) is 39.5 Å². The number of carboxylic acid groups (broad SMARTS) is 4. The van der Waals surface area contributed by atoms with Gasteiger partial charge in [0.05, 0.1) is 37.9 Å². The van der Waals surface area contributed by atoms with Crippen LogP contribution in [0.2, 0.25) is 20.1 Å². The molecule has 0 spiro atoms. The predicted octanol–water partition coefficient (Wildman–Crippen LogP) is 16.9. The summed E-state index contributed by atoms with van der Waals surface area (Å²) in [5.74, 6) is -1.80. The molecule has 19 heteroatoms. The van der Waals surface area contributed by atoms with Gasteiger partial charge in [-0.05, 0) is 161 Å². The molecule has 0 atom stereocenters. The Labute approximate surface area is 482 Å². The van der Waals surface area contributed by atoms with Crippen LogP contribution >= 0.6 is 46.4 Å². The van der Waals surface area contributed by atoms with Crippen molar-refractivity contribution in [2.75, 3.05) is 0 Å². The molecule has 0 unspecified atom stereocenters. The highest BCUT2D eigenvalue weighted by atomic mass is 35.5. The van der Waals surface area contributed by atoms with Crippen molar-refractivity contribution < 1.29 is 71.7 Å². The van der Waals surface area contributed by atoms with Gasteiger partial charge < -0.3 is 39.4 Å². The normalized spacial score (nSPS) is 10.6. The lowest BCUT2D eigenvalue weighted by Gasteiger charge is -2.11. The van der Waals surface area contributed by atoms with Crippen molar-refractivity contribution in [2.24, 2.45) is 0 Å². The lowest BCUT2D eigenvalue weighted by atomic mass is 10.1. The van der Waals surface area contributed by atoms with E-state index in [2.05, 4.69) is 6.07 Å². The van der Waals surface area contributed by atoms with Crippen LogP contribution in [-0.2, 0) is 32.6 Å². The number of alkyl halides is 3. The van der Waals surface area contributed by atoms with Crippen molar-refractivity contribution in [1.29, 1.82) is 0 Å². The highest BCUT2D eigenvalue weighted by Gasteiger charge is 2.31. The third kappa shape index (κ3) is 19.5. The van der Waals surface area contributed by atoms with Gasteiger partial charge in [-0.25, -0.2) is 19.2 Å². The molecule has 0 fully saturated rings. The molecular weight excluding hydrogens is 1140 g/mol. The molecule has 416 valence electrons. The molecule has 81 heavy (non-hydrogen) atoms. The highest BCUT2D eigenvalue weighted by Crippen LogP contribution is 2.35. The number of halogens is 7. The van der Waals surface area contributed by atoms with Crippen LogP contribution in [0.15, 0.2) is 194 Å². The van der Waals surface area contributed by atoms with E-state index in [9.17, 15) is 32.3 Å². The molecule has 9 rings (SSSR count). The molecule has 0 saturated heterocycles. The number of aryl methyl sites for hydroxylation is 1. The van der Waals surface area contributed by atoms with Gasteiger partial charge in [-0.1, -0.05) is 125 Å². The molecule has 0 aliphatic rings. The van der Waals surface area contributed by atoms with Crippen molar-refractivity contribution >= 4 is 81.1 Å². The number of benzene rings is 9. The van der Waals surface area contributed by atoms with Gasteiger partial charge in [0.1, 0.15) is 49.4 Å². The number of rotatable bonds is 16. The molecule has 0 aromatic heterocycles. The first-order valence-electron chi connectivity index (χ1n) is 24.0. The summed E-state index contributed by atoms with van der Waals surface area (Å²) in [7, 11) is 0. The molecule has 0 aliphatic heterocycles. The fraction of sp³-hybridized carbons (Fsp3) is 0.0968. The van der Waals surface area contributed by atoms with E-state index < -0.39 is 35.6 Å². The fourth-order valence-electron chi connectivity index (χ4n) is 7.24. The number of carbonyl (C=O) groups is 4. The summed E-state index contributed by atoms with van der Waals surface area (Å²) >= 11 is 23.4. The number of ether oxygens (including phenoxy) is 4. The topological polar surface area (TPSA) is 186 Å². The van der Waals surface area contributed by atoms with Crippen LogP contribution in [0.25, 0.3) is 10.8 Å². The van der Waals surface area contributed by atoms with E-state index >= 15 is 0 Å². The molecular formula is C62H47Cl4F3O12. The van der Waals surface area contributed by atoms with E-state index in [0.717, 1.165) is 62.7 Å². The molecule has 0 saturated carbocycles. The zero-order valence-corrected chi connectivity index (χ0v) is 45.5. The quantitative estimate of drug-likeness (QED) is 0.0718. The second kappa shape index (κ2) is 29.5. The smallest absolute Gasteiger partial charge is 0.416 e. The summed E-state index contributed by atoms with van der Waals surface area (Å²) in [5, 5.41) is 39.4. The molecule has 0 aliphatic carbocycles. The van der Waals surface area contributed by atoms with Crippen LogP contribution in [0, 0.1) is 6.92 Å². The Balaban J connectivity index is 0.000000174. The van der Waals surface area contributed by atoms with Gasteiger partial charge in [0.15, 0.2) is 0 Å². The van der Waals surface area contributed by atoms with Crippen LogP contribution < -0.4 is 18.9 Å². The zero-order valence-electron chi connectivity index (χ0n) is 42.5. The van der Waals surface area contributed by atoms with Crippen LogP contribution in [0.4, 0.5) is 13.2 Å². The number of fused-ring (bicyclic) bond motifs is 1. The van der Waals surface area contributed by atoms with E-state index in [1.54, 1.807) is 97.1 Å². The number of carboxylic acids is 4. The highest BCUT2D eigenvalue weighted by molar-refractivity contribution is 6.35. The number of hydrogen-bond donors (Lipinski definition) is 4. The minimum absolute atomic E-state index is 0.00773. The SMILES string of the molecule is Cc1cc(Cl)ccc1OCc1cccc(C(=O)O)c1.O=C(O)c1cccc(COc2ccc(C(F)(F)F)cc2Cl)c1.O=C(O)c1cccc(COc2ccc(Cl)cc2Cl)c1.O=C(O)c1cccc(COc2ccc3ccccc3c2)c1. The van der Waals surface area contributed by atoms with E-state index in [1.165, 1.54) is 18.2 Å². The molecule has 12 nitrogen and oxygen atoms in total. The summed E-state index contributed by atoms with van der Waals surface area (Å²) in [6.45, 7) is 2.81. The van der Waals surface area contributed by atoms with E-state index in [4.69, 9.17) is 85.8 Å². The van der Waals surface area contributed by atoms with Crippen molar-refractivity contribution in [1.82, 2.24) is 0 Å². The molecule has 9 aromatic carbocycles. The minimum Gasteiger partial charge on any atom is -0.489 e. The third-order valence-corrected chi connectivity index (χ3v) is 12.4. The molecule has 0 amide bonds. The molecule has 0 heterocycles. The van der Waals surface area contributed by atoms with E-state index in [1.807, 2.05) is 61.5 Å². The molecule has 0 radical (unpaired) electrons. The van der Waals surface area contributed by atoms with Gasteiger partial charge in [-0.2, -0.15) is 13.2 Å². The standard InChI is InChI=1S/C18H14O3.C15H10ClF3O3.C15H13ClO3.C14H10Cl2O3/c19-18(20)16-7-3-4-13(10-16)12-21-17-9-8-14-5-1-2-6-15(14)11-17;16-12-7-11(15(17,18)19)4-5-13(12)22-8-9-2-1-3-10(6-9)14(20)21;1-10-7-13(16)5-6-14(10)19-9-11-3-2-4-12(8-11)15(17)18;15-11-4-5-13(12(16)7-11)19-8-9-2-1-3-10(6-9)14(17)18/h1-11H,12H2,(H,19,20);1-7H,8H2,(H,20,21);2-8H,9H2,1H3,(H,17,18);1-7H,8H2,(H,17,18). The van der Waals surface area contributed by atoms with Gasteiger partial charge in [0.25, 0.3) is 0 Å². The Hall–Kier alpha value is -8.73. The van der Waals surface area contributed by atoms with Crippen LogP contribution in [0.3, 0.4) is 0 Å². The number of hydrogen-bond acceptors (Lipinski definition) is 8. The van der Waals surface area contributed by atoms with Gasteiger partial charge in [-0.3, -0.25) is 0 Å².